The van der Waals surface area contributed by atoms with Gasteiger partial charge in [-0.25, -0.2) is 0 Å². The number of ether oxygens (including phenoxy) is 1. The molecule has 2 N–H and O–H groups in total. The number of aryl methyl sites for hydroxylation is 1. The number of carbonyl (C=O) groups excluding carboxylic acids is 1. The second-order valence-corrected chi connectivity index (χ2v) is 9.35. The van der Waals surface area contributed by atoms with Crippen molar-refractivity contribution in [3.8, 4) is 11.5 Å². The fourth-order valence-electron chi connectivity index (χ4n) is 5.38. The molecule has 3 unspecified atom stereocenters. The Kier molecular flexibility index (Phi) is 5.95. The molecule has 156 valence electrons. The van der Waals surface area contributed by atoms with Crippen molar-refractivity contribution in [2.75, 3.05) is 6.61 Å². The van der Waals surface area contributed by atoms with E-state index in [-0.39, 0.29) is 30.6 Å². The highest BCUT2D eigenvalue weighted by Gasteiger charge is 2.51. The van der Waals surface area contributed by atoms with Gasteiger partial charge in [0.2, 0.25) is 0 Å². The highest BCUT2D eigenvalue weighted by Crippen LogP contribution is 2.58. The van der Waals surface area contributed by atoms with Crippen molar-refractivity contribution in [2.45, 2.75) is 83.7 Å². The fourth-order valence-corrected chi connectivity index (χ4v) is 5.38. The number of aliphatic hydroxyl groups is 1. The highest BCUT2D eigenvalue weighted by molar-refractivity contribution is 5.65. The third-order valence-corrected chi connectivity index (χ3v) is 6.86. The molecule has 0 radical (unpaired) electrons. The van der Waals surface area contributed by atoms with Crippen molar-refractivity contribution in [3.05, 3.63) is 23.3 Å². The summed E-state index contributed by atoms with van der Waals surface area (Å²) in [5.41, 5.74) is 0.740. The summed E-state index contributed by atoms with van der Waals surface area (Å²) in [7, 11) is 0. The van der Waals surface area contributed by atoms with Crippen molar-refractivity contribution in [1.82, 2.24) is 0 Å². The smallest absolute Gasteiger partial charge is 0.127 e. The van der Waals surface area contributed by atoms with Crippen LogP contribution in [-0.4, -0.2) is 28.4 Å². The van der Waals surface area contributed by atoms with Crippen LogP contribution in [-0.2, 0) is 11.2 Å². The van der Waals surface area contributed by atoms with E-state index in [0.29, 0.717) is 18.6 Å². The Labute approximate surface area is 167 Å². The molecule has 28 heavy (non-hydrogen) atoms. The van der Waals surface area contributed by atoms with Crippen molar-refractivity contribution in [2.24, 2.45) is 11.3 Å². The van der Waals surface area contributed by atoms with Crippen LogP contribution in [0.4, 0.5) is 0 Å². The summed E-state index contributed by atoms with van der Waals surface area (Å²) in [5.74, 6) is -0.0619. The predicted octanol–water partition coefficient (Wildman–Crippen LogP) is 3.30. The number of hydrogen-bond acceptors (Lipinski definition) is 5. The van der Waals surface area contributed by atoms with E-state index < -0.39 is 17.0 Å². The molecular weight excluding hydrogens is 356 g/mol. The molecule has 3 rings (SSSR count). The van der Waals surface area contributed by atoms with Crippen molar-refractivity contribution >= 4 is 5.97 Å². The van der Waals surface area contributed by atoms with Gasteiger partial charge in [0.1, 0.15) is 17.1 Å². The minimum absolute atomic E-state index is 0.0382. The molecule has 5 heteroatoms. The molecule has 1 aliphatic heterocycles. The number of phenols is 1. The van der Waals surface area contributed by atoms with E-state index in [1.165, 1.54) is 0 Å². The fraction of sp³-hybridized carbons (Fsp3) is 0.696. The summed E-state index contributed by atoms with van der Waals surface area (Å²) in [5, 5.41) is 32.2. The van der Waals surface area contributed by atoms with Gasteiger partial charge in [0.15, 0.2) is 0 Å². The maximum Gasteiger partial charge on any atom is 0.127 e. The van der Waals surface area contributed by atoms with Crippen molar-refractivity contribution in [3.63, 3.8) is 0 Å². The minimum Gasteiger partial charge on any atom is -0.550 e. The summed E-state index contributed by atoms with van der Waals surface area (Å²) >= 11 is 0. The summed E-state index contributed by atoms with van der Waals surface area (Å²) in [6.07, 6.45) is 6.01. The maximum atomic E-state index is 11.3. The van der Waals surface area contributed by atoms with Crippen LogP contribution in [0, 0.1) is 11.3 Å². The van der Waals surface area contributed by atoms with Gasteiger partial charge < -0.3 is 24.9 Å². The number of benzene rings is 1. The summed E-state index contributed by atoms with van der Waals surface area (Å²) in [6, 6.07) is 3.87. The van der Waals surface area contributed by atoms with E-state index in [4.69, 9.17) is 4.74 Å². The van der Waals surface area contributed by atoms with Crippen molar-refractivity contribution < 1.29 is 24.9 Å². The first-order valence-electron chi connectivity index (χ1n) is 10.6. The van der Waals surface area contributed by atoms with Gasteiger partial charge in [0, 0.05) is 24.1 Å². The second kappa shape index (κ2) is 7.94. The normalized spacial score (nSPS) is 28.1. The minimum atomic E-state index is -1.13. The lowest BCUT2D eigenvalue weighted by molar-refractivity contribution is -0.309. The zero-order valence-corrected chi connectivity index (χ0v) is 17.3. The molecule has 3 atom stereocenters. The lowest BCUT2D eigenvalue weighted by Gasteiger charge is -2.52. The Morgan fingerprint density at radius 3 is 2.71 bits per heavy atom. The van der Waals surface area contributed by atoms with Gasteiger partial charge in [-0.1, -0.05) is 19.8 Å². The number of aliphatic carboxylic acids is 1. The Morgan fingerprint density at radius 1 is 1.32 bits per heavy atom. The van der Waals surface area contributed by atoms with Crippen LogP contribution < -0.4 is 9.84 Å². The Balaban J connectivity index is 1.97. The first-order valence-corrected chi connectivity index (χ1v) is 10.6. The first-order chi connectivity index (χ1) is 13.2. The van der Waals surface area contributed by atoms with Gasteiger partial charge >= 0.3 is 0 Å². The lowest BCUT2D eigenvalue weighted by atomic mass is 9.58. The Hall–Kier alpha value is -1.75. The highest BCUT2D eigenvalue weighted by atomic mass is 16.5. The average molecular weight is 390 g/mol. The zero-order valence-electron chi connectivity index (χ0n) is 17.3. The molecule has 0 amide bonds. The van der Waals surface area contributed by atoms with Crippen LogP contribution >= 0.6 is 0 Å². The molecule has 1 saturated carbocycles. The number of phenolic OH excluding ortho intramolecular Hbond substituents is 1. The molecule has 1 heterocycles. The molecule has 0 aromatic heterocycles. The lowest BCUT2D eigenvalue weighted by Crippen LogP contribution is -2.50. The van der Waals surface area contributed by atoms with Gasteiger partial charge in [-0.2, -0.15) is 0 Å². The van der Waals surface area contributed by atoms with E-state index in [1.807, 2.05) is 12.1 Å². The van der Waals surface area contributed by atoms with Crippen LogP contribution in [0.5, 0.6) is 11.5 Å². The largest absolute Gasteiger partial charge is 0.550 e. The SMILES string of the molecule is CCCCCc1cc(O)c2c(c1)OC(C)(C)C1CCC(CO)(CC(=O)[O-])CC21. The van der Waals surface area contributed by atoms with Gasteiger partial charge in [-0.3, -0.25) is 0 Å². The van der Waals surface area contributed by atoms with Gasteiger partial charge in [0.05, 0.1) is 0 Å². The molecule has 1 aromatic rings. The molecule has 5 nitrogen and oxygen atoms in total. The first kappa shape index (κ1) is 21.0. The number of aliphatic hydroxyl groups excluding tert-OH is 1. The molecule has 1 fully saturated rings. The molecule has 0 bridgehead atoms. The Bertz CT molecular complexity index is 726. The number of aromatic hydroxyl groups is 1. The number of rotatable bonds is 7. The van der Waals surface area contributed by atoms with E-state index >= 15 is 0 Å². The van der Waals surface area contributed by atoms with Gasteiger partial charge in [0.25, 0.3) is 0 Å². The summed E-state index contributed by atoms with van der Waals surface area (Å²) < 4.78 is 6.35. The standard InChI is InChI=1S/C23H34O5/c1-4-5-6-7-15-10-18(25)21-16-12-23(14-24,13-20(26)27)9-8-17(16)22(2,3)28-19(21)11-15/h10-11,16-17,24-25H,4-9,12-14H2,1-3H3,(H,26,27)/p-1. The third kappa shape index (κ3) is 4.00. The molecule has 0 spiro atoms. The second-order valence-electron chi connectivity index (χ2n) is 9.35. The molecular formula is C23H33O5-. The quantitative estimate of drug-likeness (QED) is 0.699. The monoisotopic (exact) mass is 389 g/mol. The van der Waals surface area contributed by atoms with Crippen LogP contribution in [0.2, 0.25) is 0 Å². The third-order valence-electron chi connectivity index (χ3n) is 6.86. The average Bonchev–Trinajstić information content (AvgIpc) is 2.60. The van der Waals surface area contributed by atoms with Crippen LogP contribution in [0.3, 0.4) is 0 Å². The topological polar surface area (TPSA) is 89.8 Å². The molecule has 2 aliphatic rings. The number of carboxylic acid groups (broad SMARTS) is 1. The number of carboxylic acids is 1. The summed E-state index contributed by atoms with van der Waals surface area (Å²) in [6.45, 7) is 6.12. The number of carbonyl (C=O) groups is 1. The van der Waals surface area contributed by atoms with E-state index in [1.54, 1.807) is 0 Å². The predicted molar refractivity (Wildman–Crippen MR) is 105 cm³/mol. The number of unbranched alkanes of at least 4 members (excludes halogenated alkanes) is 2. The van der Waals surface area contributed by atoms with E-state index in [0.717, 1.165) is 43.2 Å². The van der Waals surface area contributed by atoms with E-state index in [2.05, 4.69) is 20.8 Å². The molecule has 1 aromatic carbocycles. The maximum absolute atomic E-state index is 11.3. The van der Waals surface area contributed by atoms with Crippen LogP contribution in [0.25, 0.3) is 0 Å². The van der Waals surface area contributed by atoms with Gasteiger partial charge in [-0.05, 0) is 81.4 Å². The Morgan fingerprint density at radius 2 is 2.07 bits per heavy atom. The van der Waals surface area contributed by atoms with Crippen LogP contribution in [0.1, 0.15) is 82.8 Å². The molecule has 0 saturated heterocycles. The number of hydrogen-bond donors (Lipinski definition) is 2. The zero-order chi connectivity index (χ0) is 20.5. The molecule has 1 aliphatic carbocycles. The van der Waals surface area contributed by atoms with Crippen molar-refractivity contribution in [1.29, 1.82) is 0 Å². The van der Waals surface area contributed by atoms with Crippen LogP contribution in [0.15, 0.2) is 12.1 Å². The summed E-state index contributed by atoms with van der Waals surface area (Å²) in [4.78, 5) is 11.3. The van der Waals surface area contributed by atoms with Gasteiger partial charge in [-0.15, -0.1) is 0 Å². The number of fused-ring (bicyclic) bond motifs is 3. The van der Waals surface area contributed by atoms with E-state index in [9.17, 15) is 20.1 Å².